The van der Waals surface area contributed by atoms with Gasteiger partial charge < -0.3 is 19.6 Å². The van der Waals surface area contributed by atoms with E-state index in [1.807, 2.05) is 0 Å². The summed E-state index contributed by atoms with van der Waals surface area (Å²) in [5.41, 5.74) is 1.33. The number of rotatable bonds is 4. The Morgan fingerprint density at radius 1 is 1.17 bits per heavy atom. The maximum absolute atomic E-state index is 12.6. The summed E-state index contributed by atoms with van der Waals surface area (Å²) in [7, 11) is 1.35. The second-order valence-corrected chi connectivity index (χ2v) is 12.1. The number of carbonyl (C=O) groups is 2. The third-order valence-electron chi connectivity index (χ3n) is 10.8. The summed E-state index contributed by atoms with van der Waals surface area (Å²) < 4.78 is 4.83. The van der Waals surface area contributed by atoms with Crippen LogP contribution in [0.1, 0.15) is 78.1 Å². The molecule has 0 radical (unpaired) electrons. The zero-order valence-corrected chi connectivity index (χ0v) is 21.9. The molecule has 7 heteroatoms. The maximum atomic E-state index is 12.6. The van der Waals surface area contributed by atoms with E-state index in [0.717, 1.165) is 63.5 Å². The number of amides is 1. The van der Waals surface area contributed by atoms with Gasteiger partial charge in [-0.15, -0.1) is 6.42 Å². The van der Waals surface area contributed by atoms with Gasteiger partial charge in [-0.3, -0.25) is 4.79 Å². The Labute approximate surface area is 214 Å². The van der Waals surface area contributed by atoms with Crippen molar-refractivity contribution in [2.24, 2.45) is 33.7 Å². The molecule has 1 saturated heterocycles. The normalized spacial score (nSPS) is 42.6. The Hall–Kier alpha value is -2.33. The quantitative estimate of drug-likeness (QED) is 0.363. The smallest absolute Gasteiger partial charge is 0.328 e. The number of terminal acetylenes is 1. The molecule has 1 aliphatic heterocycles. The van der Waals surface area contributed by atoms with E-state index in [0.29, 0.717) is 30.7 Å². The molecule has 4 aliphatic carbocycles. The summed E-state index contributed by atoms with van der Waals surface area (Å²) in [6, 6.07) is -0.514. The second kappa shape index (κ2) is 9.20. The van der Waals surface area contributed by atoms with E-state index >= 15 is 0 Å². The lowest BCUT2D eigenvalue weighted by Crippen LogP contribution is -2.54. The minimum Gasteiger partial charge on any atom is -0.467 e. The van der Waals surface area contributed by atoms with Gasteiger partial charge in [0.2, 0.25) is 0 Å². The Balaban J connectivity index is 1.24. The SMILES string of the molecule is C#C[C@@]1(O)CC[C@H]2[C@@H]3CCC4=C/C(=N/OCC(=O)N5CCC[C@@H]5C(=O)OC)CC[C@]4(C)[C@H]3CC[C@@]21C. The highest BCUT2D eigenvalue weighted by Gasteiger charge is 2.63. The van der Waals surface area contributed by atoms with Crippen molar-refractivity contribution in [1.29, 1.82) is 0 Å². The van der Waals surface area contributed by atoms with Crippen molar-refractivity contribution in [3.05, 3.63) is 11.6 Å². The van der Waals surface area contributed by atoms with Gasteiger partial charge in [0, 0.05) is 12.0 Å². The molecule has 4 fully saturated rings. The number of ether oxygens (including phenoxy) is 1. The molecule has 0 aromatic heterocycles. The van der Waals surface area contributed by atoms with E-state index in [9.17, 15) is 14.7 Å². The summed E-state index contributed by atoms with van der Waals surface area (Å²) >= 11 is 0. The molecule has 1 heterocycles. The Morgan fingerprint density at radius 3 is 2.69 bits per heavy atom. The summed E-state index contributed by atoms with van der Waals surface area (Å²) in [6.07, 6.45) is 17.3. The van der Waals surface area contributed by atoms with E-state index < -0.39 is 11.6 Å². The highest BCUT2D eigenvalue weighted by atomic mass is 16.6. The Bertz CT molecular complexity index is 1030. The molecule has 0 aromatic carbocycles. The average molecular weight is 497 g/mol. The minimum absolute atomic E-state index is 0.138. The molecular weight excluding hydrogens is 456 g/mol. The van der Waals surface area contributed by atoms with Crippen LogP contribution in [0.25, 0.3) is 0 Å². The van der Waals surface area contributed by atoms with Crippen LogP contribution in [0.2, 0.25) is 0 Å². The number of methoxy groups -OCH3 is 1. The lowest BCUT2D eigenvalue weighted by Gasteiger charge is -2.58. The summed E-state index contributed by atoms with van der Waals surface area (Å²) in [5, 5.41) is 15.5. The van der Waals surface area contributed by atoms with E-state index in [1.54, 1.807) is 4.90 Å². The van der Waals surface area contributed by atoms with Gasteiger partial charge in [-0.1, -0.05) is 30.5 Å². The third-order valence-corrected chi connectivity index (χ3v) is 10.8. The van der Waals surface area contributed by atoms with Gasteiger partial charge in [-0.2, -0.15) is 0 Å². The molecule has 0 bridgehead atoms. The van der Waals surface area contributed by atoms with Crippen molar-refractivity contribution in [2.75, 3.05) is 20.3 Å². The van der Waals surface area contributed by atoms with Crippen LogP contribution in [0.15, 0.2) is 16.8 Å². The lowest BCUT2D eigenvalue weighted by atomic mass is 9.46. The fourth-order valence-corrected chi connectivity index (χ4v) is 8.60. The number of hydrogen-bond acceptors (Lipinski definition) is 6. The largest absolute Gasteiger partial charge is 0.467 e. The van der Waals surface area contributed by atoms with Crippen molar-refractivity contribution in [3.8, 4) is 12.3 Å². The van der Waals surface area contributed by atoms with E-state index in [4.69, 9.17) is 16.0 Å². The number of aliphatic hydroxyl groups is 1. The molecule has 3 saturated carbocycles. The maximum Gasteiger partial charge on any atom is 0.328 e. The van der Waals surface area contributed by atoms with Crippen LogP contribution in [0.3, 0.4) is 0 Å². The fraction of sp³-hybridized carbons (Fsp3) is 0.759. The molecule has 7 nitrogen and oxygen atoms in total. The first kappa shape index (κ1) is 25.3. The van der Waals surface area contributed by atoms with Crippen molar-refractivity contribution in [3.63, 3.8) is 0 Å². The topological polar surface area (TPSA) is 88.4 Å². The first-order valence-corrected chi connectivity index (χ1v) is 13.6. The standard InChI is InChI=1S/C29H40N2O5/c1-5-29(34)15-12-23-21-9-8-19-17-20(10-13-27(19,2)22(21)11-14-28(23,29)3)30-36-18-25(32)31-16-6-7-24(31)26(33)35-4/h1,17,21-24,34H,6-16,18H2,2-4H3/b30-20+/t21-,22+,23+,24-,27+,28+,29-/m1/s1. The van der Waals surface area contributed by atoms with Crippen LogP contribution in [-0.4, -0.2) is 59.5 Å². The summed E-state index contributed by atoms with van der Waals surface area (Å²) in [5.74, 6) is 3.86. The van der Waals surface area contributed by atoms with Gasteiger partial charge in [0.1, 0.15) is 11.6 Å². The van der Waals surface area contributed by atoms with Crippen LogP contribution in [-0.2, 0) is 19.2 Å². The molecule has 5 aliphatic rings. The first-order valence-electron chi connectivity index (χ1n) is 13.6. The molecule has 1 N–H and O–H groups in total. The zero-order valence-electron chi connectivity index (χ0n) is 21.9. The highest BCUT2D eigenvalue weighted by molar-refractivity contribution is 5.96. The van der Waals surface area contributed by atoms with Crippen LogP contribution in [0.4, 0.5) is 0 Å². The van der Waals surface area contributed by atoms with E-state index in [2.05, 4.69) is 31.0 Å². The molecule has 5 rings (SSSR count). The van der Waals surface area contributed by atoms with Gasteiger partial charge in [0.05, 0.1) is 12.8 Å². The van der Waals surface area contributed by atoms with Crippen LogP contribution >= 0.6 is 0 Å². The average Bonchev–Trinajstić information content (AvgIpc) is 3.47. The molecule has 0 aromatic rings. The predicted octanol–water partition coefficient (Wildman–Crippen LogP) is 3.85. The summed E-state index contributed by atoms with van der Waals surface area (Å²) in [4.78, 5) is 31.6. The summed E-state index contributed by atoms with van der Waals surface area (Å²) in [6.45, 7) is 5.03. The number of likely N-dealkylation sites (tertiary alicyclic amines) is 1. The first-order chi connectivity index (χ1) is 17.2. The number of oxime groups is 1. The van der Waals surface area contributed by atoms with Gasteiger partial charge in [0.25, 0.3) is 5.91 Å². The molecule has 0 unspecified atom stereocenters. The van der Waals surface area contributed by atoms with E-state index in [-0.39, 0.29) is 29.3 Å². The molecule has 0 spiro atoms. The zero-order chi connectivity index (χ0) is 25.7. The molecular formula is C29H40N2O5. The van der Waals surface area contributed by atoms with Crippen LogP contribution < -0.4 is 0 Å². The van der Waals surface area contributed by atoms with Gasteiger partial charge in [-0.05, 0) is 93.5 Å². The number of fused-ring (bicyclic) bond motifs is 5. The van der Waals surface area contributed by atoms with Crippen molar-refractivity contribution >= 4 is 17.6 Å². The van der Waals surface area contributed by atoms with Crippen molar-refractivity contribution in [2.45, 2.75) is 89.7 Å². The molecule has 196 valence electrons. The predicted molar refractivity (Wildman–Crippen MR) is 136 cm³/mol. The van der Waals surface area contributed by atoms with Crippen molar-refractivity contribution < 1.29 is 24.3 Å². The van der Waals surface area contributed by atoms with Gasteiger partial charge in [-0.25, -0.2) is 4.79 Å². The minimum atomic E-state index is -0.966. The van der Waals surface area contributed by atoms with E-state index in [1.165, 1.54) is 12.7 Å². The molecule has 36 heavy (non-hydrogen) atoms. The Morgan fingerprint density at radius 2 is 1.94 bits per heavy atom. The number of allylic oxidation sites excluding steroid dienone is 2. The van der Waals surface area contributed by atoms with Crippen LogP contribution in [0.5, 0.6) is 0 Å². The second-order valence-electron chi connectivity index (χ2n) is 12.1. The number of carbonyl (C=O) groups excluding carboxylic acids is 2. The highest BCUT2D eigenvalue weighted by Crippen LogP contribution is 2.67. The number of hydrogen-bond donors (Lipinski definition) is 1. The number of esters is 1. The molecule has 7 atom stereocenters. The monoisotopic (exact) mass is 496 g/mol. The fourth-order valence-electron chi connectivity index (χ4n) is 8.60. The number of nitrogens with zero attached hydrogens (tertiary/aromatic N) is 2. The third kappa shape index (κ3) is 3.79. The lowest BCUT2D eigenvalue weighted by molar-refractivity contribution is -0.152. The van der Waals surface area contributed by atoms with Gasteiger partial charge in [0.15, 0.2) is 6.61 Å². The van der Waals surface area contributed by atoms with Gasteiger partial charge >= 0.3 is 5.97 Å². The van der Waals surface area contributed by atoms with Crippen molar-refractivity contribution in [1.82, 2.24) is 4.90 Å². The van der Waals surface area contributed by atoms with Crippen LogP contribution in [0, 0.1) is 40.9 Å². The molecule has 1 amide bonds. The Kier molecular flexibility index (Phi) is 6.47.